The number of carbonyl (C=O) groups excluding carboxylic acids is 1. The van der Waals surface area contributed by atoms with Crippen molar-refractivity contribution in [3.05, 3.63) is 35.7 Å². The van der Waals surface area contributed by atoms with E-state index in [4.69, 9.17) is 0 Å². The van der Waals surface area contributed by atoms with Crippen LogP contribution in [0.2, 0.25) is 0 Å². The number of aromatic nitrogens is 2. The molecule has 1 amide bonds. The number of nitrogens with one attached hydrogen (secondary N) is 1. The lowest BCUT2D eigenvalue weighted by Gasteiger charge is -2.07. The van der Waals surface area contributed by atoms with Crippen molar-refractivity contribution in [2.45, 2.75) is 25.2 Å². The molecule has 2 aromatic rings. The molecular formula is C14H11F6N3O2. The summed E-state index contributed by atoms with van der Waals surface area (Å²) in [5.41, 5.74) is 0.944. The van der Waals surface area contributed by atoms with Crippen molar-refractivity contribution >= 4 is 5.91 Å². The predicted octanol–water partition coefficient (Wildman–Crippen LogP) is 3.37. The van der Waals surface area contributed by atoms with E-state index < -0.39 is 30.6 Å². The minimum absolute atomic E-state index is 0.00527. The lowest BCUT2D eigenvalue weighted by atomic mass is 10.1. The van der Waals surface area contributed by atoms with Gasteiger partial charge in [-0.2, -0.15) is 31.3 Å². The molecule has 1 heterocycles. The summed E-state index contributed by atoms with van der Waals surface area (Å²) in [5, 5.41) is 5.36. The summed E-state index contributed by atoms with van der Waals surface area (Å²) in [6, 6.07) is 5.96. The second-order valence-electron chi connectivity index (χ2n) is 5.01. The number of hydrogen-bond donors (Lipinski definition) is 1. The molecule has 136 valence electrons. The smallest absolute Gasteiger partial charge is 0.355 e. The second kappa shape index (κ2) is 7.11. The van der Waals surface area contributed by atoms with Crippen molar-refractivity contribution in [3.8, 4) is 11.4 Å². The van der Waals surface area contributed by atoms with E-state index in [1.54, 1.807) is 0 Å². The third-order valence-electron chi connectivity index (χ3n) is 2.98. The fourth-order valence-corrected chi connectivity index (χ4v) is 1.87. The zero-order valence-corrected chi connectivity index (χ0v) is 12.4. The zero-order valence-electron chi connectivity index (χ0n) is 12.4. The van der Waals surface area contributed by atoms with Gasteiger partial charge >= 0.3 is 18.2 Å². The Labute approximate surface area is 137 Å². The van der Waals surface area contributed by atoms with Gasteiger partial charge in [0.1, 0.15) is 6.42 Å². The van der Waals surface area contributed by atoms with Gasteiger partial charge in [-0.3, -0.25) is 4.79 Å². The maximum atomic E-state index is 12.4. The second-order valence-corrected chi connectivity index (χ2v) is 5.01. The van der Waals surface area contributed by atoms with Crippen LogP contribution in [0.15, 0.2) is 28.8 Å². The molecule has 0 aliphatic rings. The van der Waals surface area contributed by atoms with Gasteiger partial charge in [0.05, 0.1) is 0 Å². The number of halogens is 6. The highest BCUT2D eigenvalue weighted by Gasteiger charge is 2.38. The molecule has 1 N–H and O–H groups in total. The Kier molecular flexibility index (Phi) is 5.33. The highest BCUT2D eigenvalue weighted by molar-refractivity contribution is 5.76. The van der Waals surface area contributed by atoms with Crippen LogP contribution in [-0.2, 0) is 17.4 Å². The van der Waals surface area contributed by atoms with E-state index >= 15 is 0 Å². The standard InChI is InChI=1S/C14H11F6N3O2/c15-13(16,17)7-10(24)21-6-5-8-1-3-9(4-2-8)11-22-12(25-23-11)14(18,19)20/h1-4H,5-7H2,(H,21,24). The van der Waals surface area contributed by atoms with E-state index in [0.717, 1.165) is 0 Å². The summed E-state index contributed by atoms with van der Waals surface area (Å²) in [6.07, 6.45) is -10.6. The molecular weight excluding hydrogens is 356 g/mol. The average molecular weight is 367 g/mol. The Balaban J connectivity index is 1.90. The summed E-state index contributed by atoms with van der Waals surface area (Å²) in [4.78, 5) is 14.3. The van der Waals surface area contributed by atoms with Crippen molar-refractivity contribution in [2.75, 3.05) is 6.54 Å². The number of carbonyl (C=O) groups is 1. The average Bonchev–Trinajstić information content (AvgIpc) is 2.96. The number of hydrogen-bond acceptors (Lipinski definition) is 4. The minimum Gasteiger partial charge on any atom is -0.355 e. The van der Waals surface area contributed by atoms with Crippen LogP contribution >= 0.6 is 0 Å². The first-order valence-electron chi connectivity index (χ1n) is 6.88. The molecule has 0 bridgehead atoms. The molecule has 0 radical (unpaired) electrons. The Morgan fingerprint density at radius 3 is 2.24 bits per heavy atom. The van der Waals surface area contributed by atoms with Crippen LogP contribution in [0.25, 0.3) is 11.4 Å². The van der Waals surface area contributed by atoms with Gasteiger partial charge in [0.25, 0.3) is 0 Å². The molecule has 1 aromatic carbocycles. The van der Waals surface area contributed by atoms with Gasteiger partial charge in [0, 0.05) is 12.1 Å². The molecule has 5 nitrogen and oxygen atoms in total. The van der Waals surface area contributed by atoms with Crippen LogP contribution in [0, 0.1) is 0 Å². The normalized spacial score (nSPS) is 12.2. The molecule has 0 aliphatic carbocycles. The fourth-order valence-electron chi connectivity index (χ4n) is 1.87. The lowest BCUT2D eigenvalue weighted by molar-refractivity contribution is -0.159. The topological polar surface area (TPSA) is 68.0 Å². The Bertz CT molecular complexity index is 721. The highest BCUT2D eigenvalue weighted by atomic mass is 19.4. The molecule has 0 atom stereocenters. The van der Waals surface area contributed by atoms with Gasteiger partial charge in [0.2, 0.25) is 11.7 Å². The van der Waals surface area contributed by atoms with E-state index in [1.165, 1.54) is 24.3 Å². The molecule has 1 aromatic heterocycles. The molecule has 2 rings (SSSR count). The minimum atomic E-state index is -4.74. The maximum absolute atomic E-state index is 12.4. The van der Waals surface area contributed by atoms with Crippen molar-refractivity contribution in [2.24, 2.45) is 0 Å². The van der Waals surface area contributed by atoms with Crippen LogP contribution in [0.3, 0.4) is 0 Å². The van der Waals surface area contributed by atoms with Gasteiger partial charge in [0.15, 0.2) is 0 Å². The van der Waals surface area contributed by atoms with Crippen molar-refractivity contribution in [1.82, 2.24) is 15.5 Å². The zero-order chi connectivity index (χ0) is 18.7. The van der Waals surface area contributed by atoms with Crippen LogP contribution in [-0.4, -0.2) is 28.8 Å². The largest absolute Gasteiger partial charge is 0.471 e. The van der Waals surface area contributed by atoms with E-state index in [2.05, 4.69) is 20.0 Å². The van der Waals surface area contributed by atoms with Crippen molar-refractivity contribution in [1.29, 1.82) is 0 Å². The van der Waals surface area contributed by atoms with Crippen LogP contribution in [0.1, 0.15) is 17.9 Å². The van der Waals surface area contributed by atoms with E-state index in [0.29, 0.717) is 5.56 Å². The molecule has 0 spiro atoms. The number of nitrogens with zero attached hydrogens (tertiary/aromatic N) is 2. The number of rotatable bonds is 5. The van der Waals surface area contributed by atoms with E-state index in [-0.39, 0.29) is 24.4 Å². The Morgan fingerprint density at radius 1 is 1.08 bits per heavy atom. The van der Waals surface area contributed by atoms with Crippen LogP contribution in [0.5, 0.6) is 0 Å². The van der Waals surface area contributed by atoms with E-state index in [9.17, 15) is 31.1 Å². The third-order valence-corrected chi connectivity index (χ3v) is 2.98. The Morgan fingerprint density at radius 2 is 1.72 bits per heavy atom. The summed E-state index contributed by atoms with van der Waals surface area (Å²) in [7, 11) is 0. The van der Waals surface area contributed by atoms with Gasteiger partial charge in [-0.1, -0.05) is 29.4 Å². The molecule has 0 fully saturated rings. The van der Waals surface area contributed by atoms with Gasteiger partial charge in [-0.25, -0.2) is 0 Å². The third kappa shape index (κ3) is 5.76. The first-order valence-corrected chi connectivity index (χ1v) is 6.88. The lowest BCUT2D eigenvalue weighted by Crippen LogP contribution is -2.30. The number of amides is 1. The molecule has 0 aliphatic heterocycles. The van der Waals surface area contributed by atoms with E-state index in [1.807, 2.05) is 0 Å². The van der Waals surface area contributed by atoms with Crippen molar-refractivity contribution < 1.29 is 35.7 Å². The Hall–Kier alpha value is -2.59. The van der Waals surface area contributed by atoms with Crippen LogP contribution < -0.4 is 5.32 Å². The monoisotopic (exact) mass is 367 g/mol. The number of benzene rings is 1. The maximum Gasteiger partial charge on any atom is 0.471 e. The molecule has 11 heteroatoms. The first-order chi connectivity index (χ1) is 11.5. The van der Waals surface area contributed by atoms with Crippen LogP contribution in [0.4, 0.5) is 26.3 Å². The summed E-state index contributed by atoms with van der Waals surface area (Å²) in [6.45, 7) is -0.00527. The molecule has 0 saturated heterocycles. The summed E-state index contributed by atoms with van der Waals surface area (Å²) >= 11 is 0. The van der Waals surface area contributed by atoms with Gasteiger partial charge in [-0.15, -0.1) is 0 Å². The van der Waals surface area contributed by atoms with Gasteiger partial charge < -0.3 is 9.84 Å². The SMILES string of the molecule is O=C(CC(F)(F)F)NCCc1ccc(-c2noc(C(F)(F)F)n2)cc1. The summed E-state index contributed by atoms with van der Waals surface area (Å²) < 4.78 is 77.2. The number of alkyl halides is 6. The molecule has 25 heavy (non-hydrogen) atoms. The van der Waals surface area contributed by atoms with Gasteiger partial charge in [-0.05, 0) is 12.0 Å². The molecule has 0 saturated carbocycles. The summed E-state index contributed by atoms with van der Waals surface area (Å²) in [5.74, 6) is -2.83. The highest BCUT2D eigenvalue weighted by Crippen LogP contribution is 2.29. The first kappa shape index (κ1) is 18.7. The molecule has 0 unspecified atom stereocenters. The van der Waals surface area contributed by atoms with Crippen molar-refractivity contribution in [3.63, 3.8) is 0 Å². The fraction of sp³-hybridized carbons (Fsp3) is 0.357. The quantitative estimate of drug-likeness (QED) is 0.823. The predicted molar refractivity (Wildman–Crippen MR) is 72.1 cm³/mol.